The highest BCUT2D eigenvalue weighted by molar-refractivity contribution is 7.30. The fourth-order valence-corrected chi connectivity index (χ4v) is 19.0. The van der Waals surface area contributed by atoms with Crippen molar-refractivity contribution in [1.29, 1.82) is 0 Å². The predicted molar refractivity (Wildman–Crippen MR) is 374 cm³/mol. The van der Waals surface area contributed by atoms with Gasteiger partial charge in [0.25, 0.3) is 5.70 Å². The van der Waals surface area contributed by atoms with E-state index < -0.39 is 5.97 Å². The Morgan fingerprint density at radius 1 is 0.464 bits per heavy atom. The van der Waals surface area contributed by atoms with E-state index in [1.165, 1.54) is 235 Å². The van der Waals surface area contributed by atoms with Crippen LogP contribution in [0.15, 0.2) is 78.5 Å². The molecule has 1 aliphatic heterocycles. The molecule has 1 N–H and O–H groups in total. The Morgan fingerprint density at radius 2 is 0.845 bits per heavy atom. The molecule has 0 radical (unpaired) electrons. The number of carboxylic acid groups (broad SMARTS) is 1. The lowest BCUT2D eigenvalue weighted by atomic mass is 9.73. The number of fused-ring (bicyclic) bond motifs is 2. The first kappa shape index (κ1) is 65.4. The summed E-state index contributed by atoms with van der Waals surface area (Å²) in [6.07, 6.45) is 36.1. The van der Waals surface area contributed by atoms with Gasteiger partial charge in [0, 0.05) is 72.1 Å². The van der Waals surface area contributed by atoms with E-state index in [4.69, 9.17) is 6.57 Å². The van der Waals surface area contributed by atoms with E-state index in [1.807, 2.05) is 34.0 Å². The summed E-state index contributed by atoms with van der Waals surface area (Å²) in [4.78, 5) is 31.8. The zero-order chi connectivity index (χ0) is 59.4. The van der Waals surface area contributed by atoms with Crippen molar-refractivity contribution in [3.63, 3.8) is 0 Å². The van der Waals surface area contributed by atoms with Crippen LogP contribution in [-0.4, -0.2) is 17.6 Å². The van der Waals surface area contributed by atoms with E-state index in [-0.39, 0.29) is 11.1 Å². The molecule has 2 aromatic carbocycles. The van der Waals surface area contributed by atoms with Crippen molar-refractivity contribution in [3.05, 3.63) is 134 Å². The molecule has 0 aliphatic carbocycles. The maximum atomic E-state index is 12.2. The van der Waals surface area contributed by atoms with E-state index in [9.17, 15) is 9.90 Å². The van der Waals surface area contributed by atoms with Gasteiger partial charge in [-0.2, -0.15) is 0 Å². The first-order valence-electron chi connectivity index (χ1n) is 33.0. The first-order chi connectivity index (χ1) is 41.0. The number of thiophene rings is 5. The lowest BCUT2D eigenvalue weighted by Crippen LogP contribution is -2.33. The molecule has 5 aromatic heterocycles. The summed E-state index contributed by atoms with van der Waals surface area (Å²) in [5.74, 6) is -1.15. The molecular weight excluding hydrogens is 1120 g/mol. The molecule has 0 amide bonds. The standard InChI is InChI=1S/C75H98N2O2S5/c1-10-16-22-28-36-53-47-66(80-65(53)52-61(76-9)74(78)79)70-56(38-30-24-18-12-3)49-68(82-70)72-58(40-32-26-20-14-5)51-69(84-72)73-57(39-31-25-19-13-4)50-67(83-73)71-55(37-29-23-17-11-2)48-64(81-71)54-43-44-63-60(46-54)75(7,8)59-41-33-34-42-62(59)77(63)45-35-27-21-15-6/h33-34,41-44,46-52H,10-32,35-40,45H2,1-8H3,(H,78,79). The Hall–Kier alpha value is -4.56. The number of benzene rings is 2. The summed E-state index contributed by atoms with van der Waals surface area (Å²) >= 11 is 9.79. The molecule has 9 heteroatoms. The van der Waals surface area contributed by atoms with Gasteiger partial charge < -0.3 is 10.0 Å². The third-order valence-electron chi connectivity index (χ3n) is 17.4. The number of hydrogen-bond acceptors (Lipinski definition) is 7. The number of nitrogens with zero attached hydrogens (tertiary/aromatic N) is 2. The van der Waals surface area contributed by atoms with Crippen LogP contribution in [0.3, 0.4) is 0 Å². The average Bonchev–Trinajstić information content (AvgIpc) is 1.23. The maximum absolute atomic E-state index is 12.2. The van der Waals surface area contributed by atoms with Crippen molar-refractivity contribution >= 4 is 80.1 Å². The Labute approximate surface area is 527 Å². The molecule has 84 heavy (non-hydrogen) atoms. The van der Waals surface area contributed by atoms with Crippen molar-refractivity contribution in [2.24, 2.45) is 0 Å². The minimum Gasteiger partial charge on any atom is -0.486 e. The number of unbranched alkanes of at least 4 members (excludes halogenated alkanes) is 18. The zero-order valence-electron chi connectivity index (χ0n) is 52.5. The fraction of sp³-hybridized carbons (Fsp3) is 0.520. The number of para-hydroxylation sites is 1. The van der Waals surface area contributed by atoms with Crippen LogP contribution in [0.1, 0.15) is 253 Å². The molecule has 6 heterocycles. The van der Waals surface area contributed by atoms with Gasteiger partial charge >= 0.3 is 5.97 Å². The summed E-state index contributed by atoms with van der Waals surface area (Å²) in [6.45, 7) is 27.5. The minimum atomic E-state index is -1.15. The zero-order valence-corrected chi connectivity index (χ0v) is 56.6. The van der Waals surface area contributed by atoms with Gasteiger partial charge in [-0.3, -0.25) is 4.79 Å². The number of anilines is 2. The lowest BCUT2D eigenvalue weighted by Gasteiger charge is -2.42. The second-order valence-corrected chi connectivity index (χ2v) is 29.7. The van der Waals surface area contributed by atoms with Crippen LogP contribution in [0.4, 0.5) is 11.4 Å². The second-order valence-electron chi connectivity index (χ2n) is 24.4. The molecule has 7 aromatic rings. The van der Waals surface area contributed by atoms with Crippen molar-refractivity contribution in [3.8, 4) is 49.5 Å². The monoisotopic (exact) mass is 1220 g/mol. The fourth-order valence-electron chi connectivity index (χ4n) is 12.5. The van der Waals surface area contributed by atoms with Crippen molar-refractivity contribution < 1.29 is 9.90 Å². The molecule has 0 spiro atoms. The van der Waals surface area contributed by atoms with Crippen LogP contribution in [0.2, 0.25) is 0 Å². The third kappa shape index (κ3) is 16.5. The summed E-state index contributed by atoms with van der Waals surface area (Å²) in [5, 5.41) is 9.99. The van der Waals surface area contributed by atoms with Crippen LogP contribution in [0, 0.1) is 6.57 Å². The number of aliphatic carboxylic acids is 1. The number of hydrogen-bond donors (Lipinski definition) is 1. The molecule has 0 saturated heterocycles. The van der Waals surface area contributed by atoms with Crippen LogP contribution in [-0.2, 0) is 42.3 Å². The highest BCUT2D eigenvalue weighted by Gasteiger charge is 2.36. The SMILES string of the molecule is [C-]#[N+]C(=Cc1sc(-c2sc(-c3sc(-c4sc(-c5sc(-c6ccc7c(c6)C(C)(C)c6ccccc6N7CCCCCC)cc5CCCCCC)cc4CCCCCC)cc3CCCCCC)cc2CCCCCC)cc1CCCCCC)C(=O)O. The molecule has 0 atom stereocenters. The van der Waals surface area contributed by atoms with E-state index >= 15 is 0 Å². The molecule has 0 fully saturated rings. The van der Waals surface area contributed by atoms with Crippen molar-refractivity contribution in [2.75, 3.05) is 11.4 Å². The Balaban J connectivity index is 1.23. The van der Waals surface area contributed by atoms with E-state index in [0.717, 1.165) is 62.8 Å². The van der Waals surface area contributed by atoms with Gasteiger partial charge in [-0.05, 0) is 170 Å². The largest absolute Gasteiger partial charge is 0.486 e. The van der Waals surface area contributed by atoms with Crippen molar-refractivity contribution in [2.45, 2.75) is 247 Å². The normalized spacial score (nSPS) is 13.0. The van der Waals surface area contributed by atoms with Gasteiger partial charge in [-0.25, -0.2) is 4.85 Å². The third-order valence-corrected chi connectivity index (χ3v) is 24.0. The molecule has 0 bridgehead atoms. The molecule has 0 unspecified atom stereocenters. The van der Waals surface area contributed by atoms with Crippen LogP contribution < -0.4 is 4.90 Å². The Morgan fingerprint density at radius 3 is 1.29 bits per heavy atom. The van der Waals surface area contributed by atoms with Gasteiger partial charge in [0.15, 0.2) is 0 Å². The lowest BCUT2D eigenvalue weighted by molar-refractivity contribution is -0.132. The molecule has 1 aliphatic rings. The van der Waals surface area contributed by atoms with Gasteiger partial charge in [-0.15, -0.1) is 56.7 Å². The van der Waals surface area contributed by atoms with Gasteiger partial charge in [0.05, 0.1) is 6.57 Å². The van der Waals surface area contributed by atoms with Gasteiger partial charge in [0.2, 0.25) is 0 Å². The molecular formula is C75H98N2O2S5. The number of aryl methyl sites for hydroxylation is 5. The number of carbonyl (C=O) groups is 1. The topological polar surface area (TPSA) is 44.9 Å². The molecule has 450 valence electrons. The summed E-state index contributed by atoms with van der Waals surface area (Å²) < 4.78 is 0. The predicted octanol–water partition coefficient (Wildman–Crippen LogP) is 25.6. The van der Waals surface area contributed by atoms with Gasteiger partial charge in [0.1, 0.15) is 0 Å². The second kappa shape index (κ2) is 33.0. The molecule has 8 rings (SSSR count). The van der Waals surface area contributed by atoms with Crippen LogP contribution in [0.25, 0.3) is 60.4 Å². The Bertz CT molecular complexity index is 3270. The molecule has 0 saturated carbocycles. The smallest absolute Gasteiger partial charge is 0.333 e. The summed E-state index contributed by atoms with van der Waals surface area (Å²) in [7, 11) is 0. The first-order valence-corrected chi connectivity index (χ1v) is 37.1. The van der Waals surface area contributed by atoms with E-state index in [0.29, 0.717) is 0 Å². The van der Waals surface area contributed by atoms with Crippen LogP contribution in [0.5, 0.6) is 0 Å². The number of rotatable bonds is 37. The Kier molecular flexibility index (Phi) is 25.7. The highest BCUT2D eigenvalue weighted by atomic mass is 32.1. The highest BCUT2D eigenvalue weighted by Crippen LogP contribution is 2.54. The minimum absolute atomic E-state index is 0.120. The van der Waals surface area contributed by atoms with Crippen LogP contribution >= 0.6 is 56.7 Å². The summed E-state index contributed by atoms with van der Waals surface area (Å²) in [6, 6.07) is 29.4. The average molecular weight is 1220 g/mol. The quantitative estimate of drug-likeness (QED) is 0.0240. The van der Waals surface area contributed by atoms with Crippen molar-refractivity contribution in [1.82, 2.24) is 0 Å². The van der Waals surface area contributed by atoms with E-state index in [1.54, 1.807) is 17.4 Å². The number of carboxylic acids is 1. The molecule has 4 nitrogen and oxygen atoms in total. The van der Waals surface area contributed by atoms with E-state index in [2.05, 4.69) is 149 Å². The maximum Gasteiger partial charge on any atom is 0.333 e. The summed E-state index contributed by atoms with van der Waals surface area (Å²) in [5.41, 5.74) is 13.7. The van der Waals surface area contributed by atoms with Gasteiger partial charge in [-0.1, -0.05) is 195 Å².